The highest BCUT2D eigenvalue weighted by molar-refractivity contribution is 5.95. The lowest BCUT2D eigenvalue weighted by Gasteiger charge is -2.19. The summed E-state index contributed by atoms with van der Waals surface area (Å²) in [6.45, 7) is 3.48. The summed E-state index contributed by atoms with van der Waals surface area (Å²) >= 11 is 0. The third-order valence-electron chi connectivity index (χ3n) is 2.83. The van der Waals surface area contributed by atoms with Gasteiger partial charge in [0, 0.05) is 18.7 Å². The highest BCUT2D eigenvalue weighted by Gasteiger charge is 2.16. The van der Waals surface area contributed by atoms with E-state index in [-0.39, 0.29) is 11.5 Å². The van der Waals surface area contributed by atoms with Crippen molar-refractivity contribution in [2.24, 2.45) is 0 Å². The van der Waals surface area contributed by atoms with Gasteiger partial charge in [0.25, 0.3) is 0 Å². The number of hydrogen-bond acceptors (Lipinski definition) is 3. The molecule has 0 amide bonds. The fraction of sp³-hybridized carbons (Fsp3) is 0.417. The Bertz CT molecular complexity index is 381. The normalized spacial score (nSPS) is 15.7. The second-order valence-electron chi connectivity index (χ2n) is 3.95. The number of ketones is 1. The first-order valence-electron chi connectivity index (χ1n) is 5.27. The zero-order valence-corrected chi connectivity index (χ0v) is 8.86. The molecule has 0 unspecified atom stereocenters. The first-order valence-corrected chi connectivity index (χ1v) is 5.27. The summed E-state index contributed by atoms with van der Waals surface area (Å²) < 4.78 is 0. The van der Waals surface area contributed by atoms with Crippen molar-refractivity contribution in [3.05, 3.63) is 23.8 Å². The minimum atomic E-state index is 0.0375. The molecule has 80 valence electrons. The summed E-state index contributed by atoms with van der Waals surface area (Å²) in [5.41, 5.74) is 1.45. The predicted octanol–water partition coefficient (Wildman–Crippen LogP) is 2.20. The van der Waals surface area contributed by atoms with E-state index < -0.39 is 0 Å². The van der Waals surface area contributed by atoms with Crippen molar-refractivity contribution in [2.45, 2.75) is 19.8 Å². The summed E-state index contributed by atoms with van der Waals surface area (Å²) in [7, 11) is 0. The van der Waals surface area contributed by atoms with Crippen LogP contribution in [0.1, 0.15) is 30.1 Å². The minimum absolute atomic E-state index is 0.0375. The lowest BCUT2D eigenvalue weighted by molar-refractivity contribution is 0.101. The average molecular weight is 205 g/mol. The molecule has 0 aliphatic carbocycles. The van der Waals surface area contributed by atoms with E-state index in [1.165, 1.54) is 0 Å². The Balaban J connectivity index is 2.35. The molecule has 0 radical (unpaired) electrons. The average Bonchev–Trinajstić information content (AvgIpc) is 2.71. The van der Waals surface area contributed by atoms with Gasteiger partial charge in [-0.25, -0.2) is 0 Å². The van der Waals surface area contributed by atoms with E-state index in [1.54, 1.807) is 25.1 Å². The number of benzene rings is 1. The topological polar surface area (TPSA) is 40.5 Å². The van der Waals surface area contributed by atoms with Crippen LogP contribution in [0, 0.1) is 0 Å². The van der Waals surface area contributed by atoms with Crippen LogP contribution in [-0.2, 0) is 0 Å². The molecule has 1 aliphatic rings. The van der Waals surface area contributed by atoms with Crippen molar-refractivity contribution in [3.63, 3.8) is 0 Å². The van der Waals surface area contributed by atoms with Gasteiger partial charge in [-0.15, -0.1) is 0 Å². The van der Waals surface area contributed by atoms with Gasteiger partial charge in [0.1, 0.15) is 5.75 Å². The molecule has 0 aromatic heterocycles. The van der Waals surface area contributed by atoms with Gasteiger partial charge in [-0.3, -0.25) is 4.79 Å². The SMILES string of the molecule is CC(=O)c1ccc(O)c(N2CCCC2)c1. The molecular formula is C12H15NO2. The number of rotatable bonds is 2. The van der Waals surface area contributed by atoms with E-state index in [9.17, 15) is 9.90 Å². The number of phenols is 1. The number of hydrogen-bond donors (Lipinski definition) is 1. The molecule has 1 aliphatic heterocycles. The molecule has 2 rings (SSSR count). The number of anilines is 1. The Morgan fingerprint density at radius 1 is 1.33 bits per heavy atom. The van der Waals surface area contributed by atoms with E-state index in [0.717, 1.165) is 31.6 Å². The molecule has 0 atom stereocenters. The lowest BCUT2D eigenvalue weighted by Crippen LogP contribution is -2.18. The third-order valence-corrected chi connectivity index (χ3v) is 2.83. The largest absolute Gasteiger partial charge is 0.506 e. The Morgan fingerprint density at radius 2 is 2.00 bits per heavy atom. The minimum Gasteiger partial charge on any atom is -0.506 e. The molecule has 1 N–H and O–H groups in total. The number of nitrogens with zero attached hydrogens (tertiary/aromatic N) is 1. The molecule has 1 heterocycles. The third kappa shape index (κ3) is 1.96. The molecular weight excluding hydrogens is 190 g/mol. The fourth-order valence-corrected chi connectivity index (χ4v) is 1.95. The molecule has 3 nitrogen and oxygen atoms in total. The van der Waals surface area contributed by atoms with Gasteiger partial charge in [0.2, 0.25) is 0 Å². The second-order valence-corrected chi connectivity index (χ2v) is 3.95. The summed E-state index contributed by atoms with van der Waals surface area (Å²) in [5.74, 6) is 0.303. The quantitative estimate of drug-likeness (QED) is 0.752. The fourth-order valence-electron chi connectivity index (χ4n) is 1.95. The number of Topliss-reactive ketones (excluding diaryl/α,β-unsaturated/α-hetero) is 1. The molecule has 1 aromatic rings. The zero-order chi connectivity index (χ0) is 10.8. The van der Waals surface area contributed by atoms with Gasteiger partial charge in [-0.05, 0) is 38.0 Å². The van der Waals surface area contributed by atoms with Crippen LogP contribution in [-0.4, -0.2) is 24.0 Å². The van der Waals surface area contributed by atoms with E-state index in [2.05, 4.69) is 4.90 Å². The summed E-state index contributed by atoms with van der Waals surface area (Å²) in [6.07, 6.45) is 2.31. The summed E-state index contributed by atoms with van der Waals surface area (Å²) in [4.78, 5) is 13.4. The van der Waals surface area contributed by atoms with Gasteiger partial charge in [0.15, 0.2) is 5.78 Å². The Morgan fingerprint density at radius 3 is 2.60 bits per heavy atom. The first-order chi connectivity index (χ1) is 7.18. The highest BCUT2D eigenvalue weighted by atomic mass is 16.3. The maximum absolute atomic E-state index is 11.2. The highest BCUT2D eigenvalue weighted by Crippen LogP contribution is 2.30. The van der Waals surface area contributed by atoms with Gasteiger partial charge in [0.05, 0.1) is 5.69 Å². The number of aromatic hydroxyl groups is 1. The standard InChI is InChI=1S/C12H15NO2/c1-9(14)10-4-5-12(15)11(8-10)13-6-2-3-7-13/h4-5,8,15H,2-3,6-7H2,1H3. The molecule has 0 spiro atoms. The van der Waals surface area contributed by atoms with Crippen LogP contribution in [0.5, 0.6) is 5.75 Å². The monoisotopic (exact) mass is 205 g/mol. The van der Waals surface area contributed by atoms with Gasteiger partial charge >= 0.3 is 0 Å². The van der Waals surface area contributed by atoms with Crippen LogP contribution in [0.25, 0.3) is 0 Å². The maximum Gasteiger partial charge on any atom is 0.159 e. The van der Waals surface area contributed by atoms with Crippen molar-refractivity contribution in [1.82, 2.24) is 0 Å². The van der Waals surface area contributed by atoms with Crippen LogP contribution < -0.4 is 4.90 Å². The predicted molar refractivity (Wildman–Crippen MR) is 59.6 cm³/mol. The molecule has 0 bridgehead atoms. The van der Waals surface area contributed by atoms with Crippen molar-refractivity contribution in [1.29, 1.82) is 0 Å². The summed E-state index contributed by atoms with van der Waals surface area (Å²) in [6, 6.07) is 5.05. The van der Waals surface area contributed by atoms with E-state index in [0.29, 0.717) is 5.56 Å². The maximum atomic E-state index is 11.2. The molecule has 1 aromatic carbocycles. The van der Waals surface area contributed by atoms with Crippen molar-refractivity contribution in [3.8, 4) is 5.75 Å². The number of phenolic OH excluding ortho intramolecular Hbond substituents is 1. The van der Waals surface area contributed by atoms with Crippen LogP contribution >= 0.6 is 0 Å². The van der Waals surface area contributed by atoms with Gasteiger partial charge in [-0.1, -0.05) is 0 Å². The van der Waals surface area contributed by atoms with Crippen LogP contribution in [0.15, 0.2) is 18.2 Å². The zero-order valence-electron chi connectivity index (χ0n) is 8.86. The smallest absolute Gasteiger partial charge is 0.159 e. The first kappa shape index (κ1) is 10.0. The molecule has 15 heavy (non-hydrogen) atoms. The Hall–Kier alpha value is -1.51. The van der Waals surface area contributed by atoms with Crippen LogP contribution in [0.4, 0.5) is 5.69 Å². The summed E-state index contributed by atoms with van der Waals surface area (Å²) in [5, 5.41) is 9.72. The van der Waals surface area contributed by atoms with E-state index >= 15 is 0 Å². The molecule has 0 saturated carbocycles. The van der Waals surface area contributed by atoms with Gasteiger partial charge in [-0.2, -0.15) is 0 Å². The lowest BCUT2D eigenvalue weighted by atomic mass is 10.1. The number of carbonyl (C=O) groups is 1. The van der Waals surface area contributed by atoms with Crippen LogP contribution in [0.3, 0.4) is 0 Å². The van der Waals surface area contributed by atoms with Crippen molar-refractivity contribution in [2.75, 3.05) is 18.0 Å². The van der Waals surface area contributed by atoms with Crippen molar-refractivity contribution >= 4 is 11.5 Å². The molecule has 1 saturated heterocycles. The Kier molecular flexibility index (Phi) is 2.62. The Labute approximate surface area is 89.3 Å². The molecule has 3 heteroatoms. The van der Waals surface area contributed by atoms with E-state index in [1.807, 2.05) is 0 Å². The van der Waals surface area contributed by atoms with Crippen LogP contribution in [0.2, 0.25) is 0 Å². The second kappa shape index (κ2) is 3.93. The van der Waals surface area contributed by atoms with Crippen molar-refractivity contribution < 1.29 is 9.90 Å². The number of carbonyl (C=O) groups excluding carboxylic acids is 1. The van der Waals surface area contributed by atoms with Gasteiger partial charge < -0.3 is 10.0 Å². The van der Waals surface area contributed by atoms with E-state index in [4.69, 9.17) is 0 Å². The molecule has 1 fully saturated rings.